The lowest BCUT2D eigenvalue weighted by atomic mass is 9.94. The highest BCUT2D eigenvalue weighted by Crippen LogP contribution is 2.39. The fourth-order valence-corrected chi connectivity index (χ4v) is 7.03. The molecule has 2 atom stereocenters. The van der Waals surface area contributed by atoms with Crippen molar-refractivity contribution in [2.24, 2.45) is 5.92 Å². The summed E-state index contributed by atoms with van der Waals surface area (Å²) in [5, 5.41) is 5.75. The van der Waals surface area contributed by atoms with Crippen LogP contribution in [-0.2, 0) is 27.5 Å². The lowest BCUT2D eigenvalue weighted by Gasteiger charge is -2.37. The van der Waals surface area contributed by atoms with Gasteiger partial charge in [0, 0.05) is 62.6 Å². The monoisotopic (exact) mass is 701 g/mol. The van der Waals surface area contributed by atoms with Crippen molar-refractivity contribution in [2.75, 3.05) is 36.4 Å². The van der Waals surface area contributed by atoms with E-state index in [2.05, 4.69) is 49.8 Å². The number of hydrogen-bond acceptors (Lipinski definition) is 8. The number of carbonyl (C=O) groups excluding carboxylic acids is 3. The Morgan fingerprint density at radius 3 is 2.29 bits per heavy atom. The zero-order valence-electron chi connectivity index (χ0n) is 29.6. The molecule has 4 heterocycles. The summed E-state index contributed by atoms with van der Waals surface area (Å²) in [5.74, 6) is -2.36. The number of aryl methyl sites for hydroxylation is 1. The van der Waals surface area contributed by atoms with Gasteiger partial charge in [-0.25, -0.2) is 18.7 Å². The molecular formula is C39H49F2N7O3. The predicted octanol–water partition coefficient (Wildman–Crippen LogP) is 5.67. The van der Waals surface area contributed by atoms with Crippen molar-refractivity contribution in [1.82, 2.24) is 25.1 Å². The smallest absolute Gasteiger partial charge is 0.263 e. The number of nitrogens with one attached hydrogen (secondary N) is 2. The zero-order valence-corrected chi connectivity index (χ0v) is 29.6. The summed E-state index contributed by atoms with van der Waals surface area (Å²) in [5.41, 5.74) is 5.63. The van der Waals surface area contributed by atoms with E-state index in [4.69, 9.17) is 0 Å². The largest absolute Gasteiger partial charge is 0.371 e. The highest BCUT2D eigenvalue weighted by Gasteiger charge is 2.41. The third-order valence-electron chi connectivity index (χ3n) is 10.7. The van der Waals surface area contributed by atoms with Crippen LogP contribution in [0, 0.1) is 12.8 Å². The molecule has 1 aliphatic carbocycles. The second-order valence-corrected chi connectivity index (χ2v) is 14.5. The SMILES string of the molecule is CC1CCN(Cc2ccc(N3CCC(Nc4ncc(C5CC5)cn4)CC3)cc2)CC1(F)F.Cc1ccccc1CN(C=O)C1CCC(=O)NC1=O. The van der Waals surface area contributed by atoms with Gasteiger partial charge >= 0.3 is 0 Å². The van der Waals surface area contributed by atoms with Crippen LogP contribution in [0.15, 0.2) is 60.9 Å². The number of rotatable bonds is 10. The number of anilines is 2. The van der Waals surface area contributed by atoms with E-state index in [0.717, 1.165) is 55.1 Å². The van der Waals surface area contributed by atoms with Gasteiger partial charge in [0.2, 0.25) is 24.2 Å². The molecule has 12 heteroatoms. The molecule has 0 radical (unpaired) electrons. The first-order valence-corrected chi connectivity index (χ1v) is 18.2. The fraction of sp³-hybridized carbons (Fsp3) is 0.513. The standard InChI is InChI=1S/C25H33F2N5.C14H16N2O3/c1-18-8-11-31(17-25(18,26)27)16-19-2-6-23(7-3-19)32-12-9-22(10-13-32)30-24-28-14-21(15-29-24)20-4-5-20;1-10-4-2-3-5-11(10)8-16(9-17)12-6-7-13(18)15-14(12)19/h2-3,6-7,14-15,18,20,22H,4-5,8-13,16-17H2,1H3,(H,28,29,30);2-5,9,12H,6-8H2,1H3,(H,15,18,19). The van der Waals surface area contributed by atoms with E-state index in [-0.39, 0.29) is 18.9 Å². The Balaban J connectivity index is 0.000000202. The first-order valence-electron chi connectivity index (χ1n) is 18.2. The summed E-state index contributed by atoms with van der Waals surface area (Å²) in [6.45, 7) is 7.15. The van der Waals surface area contributed by atoms with Gasteiger partial charge in [-0.05, 0) is 92.3 Å². The molecule has 272 valence electrons. The minimum Gasteiger partial charge on any atom is -0.371 e. The Bertz CT molecular complexity index is 1640. The van der Waals surface area contributed by atoms with Crippen molar-refractivity contribution >= 4 is 29.9 Å². The highest BCUT2D eigenvalue weighted by molar-refractivity contribution is 6.00. The fourth-order valence-electron chi connectivity index (χ4n) is 7.03. The van der Waals surface area contributed by atoms with Gasteiger partial charge in [-0.3, -0.25) is 24.6 Å². The molecule has 10 nitrogen and oxygen atoms in total. The lowest BCUT2D eigenvalue weighted by Crippen LogP contribution is -2.51. The van der Waals surface area contributed by atoms with Gasteiger partial charge in [0.15, 0.2) is 0 Å². The molecule has 2 unspecified atom stereocenters. The normalized spacial score (nSPS) is 22.4. The van der Waals surface area contributed by atoms with Crippen molar-refractivity contribution in [3.63, 3.8) is 0 Å². The molecule has 3 aromatic rings. The first kappa shape index (κ1) is 36.3. The number of aromatic nitrogens is 2. The molecule has 2 N–H and O–H groups in total. The quantitative estimate of drug-likeness (QED) is 0.206. The van der Waals surface area contributed by atoms with Crippen molar-refractivity contribution < 1.29 is 23.2 Å². The van der Waals surface area contributed by atoms with Crippen molar-refractivity contribution in [1.29, 1.82) is 0 Å². The minimum atomic E-state index is -2.58. The van der Waals surface area contributed by atoms with Crippen LogP contribution in [0.25, 0.3) is 0 Å². The number of likely N-dealkylation sites (tertiary alicyclic amines) is 1. The van der Waals surface area contributed by atoms with Gasteiger partial charge in [-0.15, -0.1) is 0 Å². The Labute approximate surface area is 299 Å². The van der Waals surface area contributed by atoms with Crippen LogP contribution in [0.2, 0.25) is 0 Å². The van der Waals surface area contributed by atoms with Crippen LogP contribution in [-0.4, -0.2) is 82.2 Å². The first-order chi connectivity index (χ1) is 24.6. The third kappa shape index (κ3) is 9.66. The summed E-state index contributed by atoms with van der Waals surface area (Å²) in [6.07, 6.45) is 10.4. The van der Waals surface area contributed by atoms with Crippen LogP contribution >= 0.6 is 0 Å². The molecule has 51 heavy (non-hydrogen) atoms. The number of halogens is 2. The molecular weight excluding hydrogens is 652 g/mol. The van der Waals surface area contributed by atoms with E-state index < -0.39 is 23.8 Å². The van der Waals surface area contributed by atoms with E-state index in [9.17, 15) is 23.2 Å². The number of hydrogen-bond donors (Lipinski definition) is 2. The van der Waals surface area contributed by atoms with E-state index >= 15 is 0 Å². The number of benzene rings is 2. The van der Waals surface area contributed by atoms with Crippen molar-refractivity contribution in [3.8, 4) is 0 Å². The second kappa shape index (κ2) is 16.3. The van der Waals surface area contributed by atoms with Crippen LogP contribution in [0.4, 0.5) is 20.4 Å². The summed E-state index contributed by atoms with van der Waals surface area (Å²) in [4.78, 5) is 48.8. The van der Waals surface area contributed by atoms with Crippen molar-refractivity contribution in [3.05, 3.63) is 83.2 Å². The number of nitrogens with zero attached hydrogens (tertiary/aromatic N) is 5. The number of piperidine rings is 3. The van der Waals surface area contributed by atoms with E-state index in [1.165, 1.54) is 29.0 Å². The summed E-state index contributed by atoms with van der Waals surface area (Å²) in [6, 6.07) is 16.0. The molecule has 4 aliphatic rings. The molecule has 3 saturated heterocycles. The van der Waals surface area contributed by atoms with Crippen LogP contribution in [0.3, 0.4) is 0 Å². The molecule has 0 spiro atoms. The van der Waals surface area contributed by atoms with Gasteiger partial charge in [0.25, 0.3) is 5.92 Å². The maximum Gasteiger partial charge on any atom is 0.263 e. The number of carbonyl (C=O) groups is 3. The highest BCUT2D eigenvalue weighted by atomic mass is 19.3. The van der Waals surface area contributed by atoms with E-state index in [0.29, 0.717) is 44.3 Å². The topological polar surface area (TPSA) is 111 Å². The number of alkyl halides is 2. The van der Waals surface area contributed by atoms with E-state index in [1.54, 1.807) is 6.92 Å². The van der Waals surface area contributed by atoms with Crippen LogP contribution in [0.5, 0.6) is 0 Å². The Morgan fingerprint density at radius 2 is 1.67 bits per heavy atom. The molecule has 7 rings (SSSR count). The zero-order chi connectivity index (χ0) is 36.0. The summed E-state index contributed by atoms with van der Waals surface area (Å²) >= 11 is 0. The minimum absolute atomic E-state index is 0.135. The number of imide groups is 1. The molecule has 3 amide bonds. The van der Waals surface area contributed by atoms with Crippen LogP contribution in [0.1, 0.15) is 80.0 Å². The molecule has 3 aliphatic heterocycles. The van der Waals surface area contributed by atoms with Gasteiger partial charge < -0.3 is 15.1 Å². The van der Waals surface area contributed by atoms with Gasteiger partial charge in [0.05, 0.1) is 6.54 Å². The Morgan fingerprint density at radius 1 is 0.961 bits per heavy atom. The number of amides is 3. The molecule has 1 saturated carbocycles. The Kier molecular flexibility index (Phi) is 11.6. The lowest BCUT2D eigenvalue weighted by molar-refractivity contribution is -0.141. The molecule has 1 aromatic heterocycles. The van der Waals surface area contributed by atoms with E-state index in [1.807, 2.05) is 48.5 Å². The maximum atomic E-state index is 14.0. The Hall–Kier alpha value is -4.45. The molecule has 0 bridgehead atoms. The average molecular weight is 702 g/mol. The van der Waals surface area contributed by atoms with Crippen molar-refractivity contribution in [2.45, 2.75) is 95.8 Å². The van der Waals surface area contributed by atoms with Crippen LogP contribution < -0.4 is 15.5 Å². The summed E-state index contributed by atoms with van der Waals surface area (Å²) in [7, 11) is 0. The second-order valence-electron chi connectivity index (χ2n) is 14.5. The summed E-state index contributed by atoms with van der Waals surface area (Å²) < 4.78 is 28.0. The maximum absolute atomic E-state index is 14.0. The van der Waals surface area contributed by atoms with Gasteiger partial charge in [0.1, 0.15) is 6.04 Å². The van der Waals surface area contributed by atoms with Gasteiger partial charge in [-0.1, -0.05) is 43.3 Å². The molecule has 4 fully saturated rings. The molecule has 2 aromatic carbocycles. The third-order valence-corrected chi connectivity index (χ3v) is 10.7. The predicted molar refractivity (Wildman–Crippen MR) is 192 cm³/mol. The van der Waals surface area contributed by atoms with Gasteiger partial charge in [-0.2, -0.15) is 0 Å². The average Bonchev–Trinajstić information content (AvgIpc) is 3.97.